The minimum Gasteiger partial charge on any atom is -0.691 e. The Labute approximate surface area is 183 Å². The van der Waals surface area contributed by atoms with Gasteiger partial charge in [-0.2, -0.15) is 13.1 Å². The SMILES string of the molecule is COc1ccc(OC)c(C23CC4CC(CC(COC(=O)C(F)(F)SOO[O-])(C4)C2)C3)c1. The van der Waals surface area contributed by atoms with Gasteiger partial charge in [-0.05, 0) is 68.6 Å². The van der Waals surface area contributed by atoms with E-state index in [0.717, 1.165) is 55.6 Å². The number of carbonyl (C=O) groups is 1. The second-order valence-electron chi connectivity index (χ2n) is 9.12. The van der Waals surface area contributed by atoms with Crippen LogP contribution in [0.25, 0.3) is 0 Å². The predicted octanol–water partition coefficient (Wildman–Crippen LogP) is 3.55. The Morgan fingerprint density at radius 1 is 1.19 bits per heavy atom. The molecule has 7 nitrogen and oxygen atoms in total. The monoisotopic (exact) mass is 459 g/mol. The van der Waals surface area contributed by atoms with Crippen molar-refractivity contribution in [2.24, 2.45) is 17.3 Å². The summed E-state index contributed by atoms with van der Waals surface area (Å²) in [6.45, 7) is -0.0960. The van der Waals surface area contributed by atoms with E-state index in [-0.39, 0.29) is 17.4 Å². The summed E-state index contributed by atoms with van der Waals surface area (Å²) >= 11 is -0.664. The molecule has 4 aliphatic rings. The number of esters is 1. The molecule has 31 heavy (non-hydrogen) atoms. The van der Waals surface area contributed by atoms with E-state index in [4.69, 9.17) is 14.2 Å². The molecule has 0 heterocycles. The van der Waals surface area contributed by atoms with Gasteiger partial charge >= 0.3 is 11.2 Å². The Kier molecular flexibility index (Phi) is 6.10. The first-order valence-corrected chi connectivity index (χ1v) is 10.9. The van der Waals surface area contributed by atoms with Gasteiger partial charge in [-0.3, -0.25) is 5.04 Å². The van der Waals surface area contributed by atoms with Crippen molar-refractivity contribution in [3.63, 3.8) is 0 Å². The van der Waals surface area contributed by atoms with Crippen LogP contribution in [-0.4, -0.2) is 32.1 Å². The molecule has 4 saturated carbocycles. The number of halogens is 2. The smallest absolute Gasteiger partial charge is 0.415 e. The molecule has 172 valence electrons. The Balaban J connectivity index is 1.57. The maximum Gasteiger partial charge on any atom is 0.415 e. The minimum atomic E-state index is -4.03. The topological polar surface area (TPSA) is 86.3 Å². The fourth-order valence-corrected chi connectivity index (χ4v) is 6.80. The summed E-state index contributed by atoms with van der Waals surface area (Å²) in [6.07, 6.45) is 5.48. The van der Waals surface area contributed by atoms with E-state index < -0.39 is 23.3 Å². The maximum atomic E-state index is 13.8. The molecular formula is C21H25F2O7S-. The van der Waals surface area contributed by atoms with Crippen LogP contribution in [0.3, 0.4) is 0 Å². The third-order valence-corrected chi connectivity index (χ3v) is 7.57. The van der Waals surface area contributed by atoms with Crippen LogP contribution in [0.4, 0.5) is 8.78 Å². The molecule has 4 aliphatic carbocycles. The number of hydrogen-bond donors (Lipinski definition) is 0. The van der Waals surface area contributed by atoms with Crippen LogP contribution in [-0.2, 0) is 24.3 Å². The first kappa shape index (κ1) is 22.6. The number of hydrogen-bond acceptors (Lipinski definition) is 8. The van der Waals surface area contributed by atoms with Crippen LogP contribution < -0.4 is 14.7 Å². The molecule has 10 heteroatoms. The average Bonchev–Trinajstić information content (AvgIpc) is 2.74. The standard InChI is InChI=1S/C21H26F2O7S/c1-26-15-3-4-17(27-2)16(6-15)20-9-13-5-14(10-20)8-19(7-13,11-20)12-28-18(24)21(22,23)31-30-29-25/h3-4,6,13-14,25H,5,7-12H2,1-2H3/p-1. The van der Waals surface area contributed by atoms with E-state index in [9.17, 15) is 18.8 Å². The van der Waals surface area contributed by atoms with Crippen LogP contribution in [0.1, 0.15) is 44.1 Å². The Morgan fingerprint density at radius 3 is 2.52 bits per heavy atom. The summed E-state index contributed by atoms with van der Waals surface area (Å²) in [5.41, 5.74) is 0.526. The third-order valence-electron chi connectivity index (χ3n) is 7.07. The first-order valence-electron chi connectivity index (χ1n) is 10.2. The first-order chi connectivity index (χ1) is 14.7. The second-order valence-corrected chi connectivity index (χ2v) is 9.94. The number of alkyl halides is 2. The van der Waals surface area contributed by atoms with Gasteiger partial charge in [0.25, 0.3) is 0 Å². The zero-order valence-electron chi connectivity index (χ0n) is 17.4. The van der Waals surface area contributed by atoms with Crippen LogP contribution in [0.15, 0.2) is 18.2 Å². The van der Waals surface area contributed by atoms with Gasteiger partial charge < -0.3 is 19.5 Å². The van der Waals surface area contributed by atoms with Gasteiger partial charge in [0, 0.05) is 16.4 Å². The van der Waals surface area contributed by atoms with Crippen molar-refractivity contribution in [1.29, 1.82) is 0 Å². The van der Waals surface area contributed by atoms with Crippen LogP contribution in [0.2, 0.25) is 0 Å². The van der Waals surface area contributed by atoms with Crippen molar-refractivity contribution < 1.29 is 42.4 Å². The normalized spacial score (nSPS) is 31.5. The Hall–Kier alpha value is -1.62. The molecule has 4 fully saturated rings. The molecule has 2 unspecified atom stereocenters. The van der Waals surface area contributed by atoms with Crippen LogP contribution in [0.5, 0.6) is 11.5 Å². The van der Waals surface area contributed by atoms with Crippen molar-refractivity contribution in [3.8, 4) is 11.5 Å². The van der Waals surface area contributed by atoms with Crippen LogP contribution >= 0.6 is 12.0 Å². The van der Waals surface area contributed by atoms with E-state index in [2.05, 4.69) is 9.37 Å². The number of ether oxygens (including phenoxy) is 3. The zero-order valence-corrected chi connectivity index (χ0v) is 18.2. The molecule has 0 radical (unpaired) electrons. The zero-order chi connectivity index (χ0) is 22.3. The Morgan fingerprint density at radius 2 is 1.90 bits per heavy atom. The lowest BCUT2D eigenvalue weighted by Gasteiger charge is -2.62. The maximum absolute atomic E-state index is 13.8. The summed E-state index contributed by atoms with van der Waals surface area (Å²) < 4.78 is 47.4. The van der Waals surface area contributed by atoms with Crippen molar-refractivity contribution in [2.75, 3.05) is 20.8 Å². The Bertz CT molecular complexity index is 820. The van der Waals surface area contributed by atoms with Gasteiger partial charge in [-0.15, -0.1) is 0 Å². The summed E-state index contributed by atoms with van der Waals surface area (Å²) in [7, 11) is 3.25. The van der Waals surface area contributed by atoms with Gasteiger partial charge in [0.15, 0.2) is 0 Å². The van der Waals surface area contributed by atoms with Crippen molar-refractivity contribution in [1.82, 2.24) is 0 Å². The summed E-state index contributed by atoms with van der Waals surface area (Å²) in [4.78, 5) is 11.9. The molecule has 4 bridgehead atoms. The van der Waals surface area contributed by atoms with Gasteiger partial charge in [0.05, 0.1) is 20.8 Å². The number of benzene rings is 1. The van der Waals surface area contributed by atoms with Gasteiger partial charge in [0.1, 0.15) is 23.5 Å². The lowest BCUT2D eigenvalue weighted by molar-refractivity contribution is -0.777. The molecule has 0 N–H and O–H groups in total. The molecule has 0 saturated heterocycles. The molecule has 2 atom stereocenters. The summed E-state index contributed by atoms with van der Waals surface area (Å²) in [5.74, 6) is 0.654. The molecule has 0 spiro atoms. The molecule has 1 aromatic rings. The van der Waals surface area contributed by atoms with Gasteiger partial charge in [-0.25, -0.2) is 4.79 Å². The third kappa shape index (κ3) is 4.22. The summed E-state index contributed by atoms with van der Waals surface area (Å²) in [6, 6.07) is 5.76. The lowest BCUT2D eigenvalue weighted by Crippen LogP contribution is -2.56. The number of methoxy groups -OCH3 is 2. The highest BCUT2D eigenvalue weighted by molar-refractivity contribution is 7.96. The second kappa shape index (κ2) is 8.38. The lowest BCUT2D eigenvalue weighted by atomic mass is 9.43. The number of rotatable bonds is 9. The quantitative estimate of drug-likeness (QED) is 0.240. The van der Waals surface area contributed by atoms with Crippen molar-refractivity contribution >= 4 is 18.0 Å². The minimum absolute atomic E-state index is 0.0960. The molecule has 0 aliphatic heterocycles. The van der Waals surface area contributed by atoms with Gasteiger partial charge in [0.2, 0.25) is 0 Å². The summed E-state index contributed by atoms with van der Waals surface area (Å²) in [5, 5.41) is 8.69. The van der Waals surface area contributed by atoms with E-state index in [0.29, 0.717) is 11.8 Å². The fourth-order valence-electron chi connectivity index (χ4n) is 6.56. The van der Waals surface area contributed by atoms with Gasteiger partial charge in [-0.1, -0.05) is 0 Å². The van der Waals surface area contributed by atoms with E-state index in [1.807, 2.05) is 18.2 Å². The molecule has 0 aromatic heterocycles. The molecular weight excluding hydrogens is 434 g/mol. The van der Waals surface area contributed by atoms with Crippen molar-refractivity contribution in [3.05, 3.63) is 23.8 Å². The number of carbonyl (C=O) groups excluding carboxylic acids is 1. The molecule has 1 aromatic carbocycles. The largest absolute Gasteiger partial charge is 0.691 e. The predicted molar refractivity (Wildman–Crippen MR) is 104 cm³/mol. The van der Waals surface area contributed by atoms with E-state index >= 15 is 0 Å². The fraction of sp³-hybridized carbons (Fsp3) is 0.667. The molecule has 5 rings (SSSR count). The van der Waals surface area contributed by atoms with E-state index in [1.165, 1.54) is 0 Å². The average molecular weight is 459 g/mol. The van der Waals surface area contributed by atoms with E-state index in [1.54, 1.807) is 14.2 Å². The highest BCUT2D eigenvalue weighted by Crippen LogP contribution is 2.66. The van der Waals surface area contributed by atoms with Crippen LogP contribution in [0, 0.1) is 17.3 Å². The highest BCUT2D eigenvalue weighted by Gasteiger charge is 2.59. The molecule has 0 amide bonds. The van der Waals surface area contributed by atoms with Crippen molar-refractivity contribution in [2.45, 2.75) is 49.2 Å². The highest BCUT2D eigenvalue weighted by atomic mass is 32.2.